The topological polar surface area (TPSA) is 44.0 Å². The van der Waals surface area contributed by atoms with E-state index in [1.54, 1.807) is 12.3 Å². The summed E-state index contributed by atoms with van der Waals surface area (Å²) in [5, 5.41) is 3.49. The highest BCUT2D eigenvalue weighted by atomic mass is 19.2. The average molecular weight is 306 g/mol. The molecule has 6 heteroatoms. The highest BCUT2D eigenvalue weighted by molar-refractivity contribution is 5.17. The number of hydrogen-bond acceptors (Lipinski definition) is 3. The average Bonchev–Trinajstić information content (AvgIpc) is 3.04. The molecule has 0 radical (unpaired) electrons. The molecule has 0 atom stereocenters. The number of halogens is 2. The summed E-state index contributed by atoms with van der Waals surface area (Å²) in [7, 11) is 0. The van der Waals surface area contributed by atoms with Crippen molar-refractivity contribution in [1.29, 1.82) is 0 Å². The van der Waals surface area contributed by atoms with Crippen molar-refractivity contribution in [3.05, 3.63) is 53.6 Å². The quantitative estimate of drug-likeness (QED) is 0.892. The Kier molecular flexibility index (Phi) is 4.80. The molecule has 1 fully saturated rings. The third kappa shape index (κ3) is 3.90. The van der Waals surface area contributed by atoms with Crippen molar-refractivity contribution in [3.8, 4) is 0 Å². The standard InChI is InChI=1S/C16H20F2N4/c17-14-2-1-12(9-15(14)18)11-22-7-3-13(4-8-22)21-10-16-19-5-6-20-16/h1-2,5-6,9,13,21H,3-4,7-8,10-11H2,(H,19,20). The number of imidazole rings is 1. The van der Waals surface area contributed by atoms with Gasteiger partial charge in [0.05, 0.1) is 6.54 Å². The summed E-state index contributed by atoms with van der Waals surface area (Å²) in [6.45, 7) is 3.33. The summed E-state index contributed by atoms with van der Waals surface area (Å²) in [4.78, 5) is 9.55. The van der Waals surface area contributed by atoms with Gasteiger partial charge in [0, 0.05) is 25.0 Å². The summed E-state index contributed by atoms with van der Waals surface area (Å²) in [5.41, 5.74) is 0.820. The minimum Gasteiger partial charge on any atom is -0.348 e. The van der Waals surface area contributed by atoms with Crippen molar-refractivity contribution >= 4 is 0 Å². The van der Waals surface area contributed by atoms with Gasteiger partial charge in [-0.25, -0.2) is 13.8 Å². The molecule has 0 saturated carbocycles. The van der Waals surface area contributed by atoms with E-state index in [4.69, 9.17) is 0 Å². The van der Waals surface area contributed by atoms with Crippen molar-refractivity contribution in [2.45, 2.75) is 32.0 Å². The zero-order valence-electron chi connectivity index (χ0n) is 12.4. The molecule has 3 rings (SSSR count). The van der Waals surface area contributed by atoms with Gasteiger partial charge in [0.1, 0.15) is 5.82 Å². The Morgan fingerprint density at radius 2 is 2.05 bits per heavy atom. The van der Waals surface area contributed by atoms with Crippen LogP contribution in [-0.4, -0.2) is 34.0 Å². The first kappa shape index (κ1) is 15.1. The van der Waals surface area contributed by atoms with Crippen LogP contribution in [0.2, 0.25) is 0 Å². The van der Waals surface area contributed by atoms with E-state index >= 15 is 0 Å². The largest absolute Gasteiger partial charge is 0.348 e. The maximum Gasteiger partial charge on any atom is 0.159 e. The fourth-order valence-electron chi connectivity index (χ4n) is 2.83. The van der Waals surface area contributed by atoms with Crippen LogP contribution >= 0.6 is 0 Å². The molecule has 1 aliphatic rings. The maximum absolute atomic E-state index is 13.2. The lowest BCUT2D eigenvalue weighted by molar-refractivity contribution is 0.189. The van der Waals surface area contributed by atoms with Gasteiger partial charge in [0.2, 0.25) is 0 Å². The Morgan fingerprint density at radius 1 is 1.23 bits per heavy atom. The number of benzene rings is 1. The number of H-pyrrole nitrogens is 1. The van der Waals surface area contributed by atoms with Crippen LogP contribution in [0.4, 0.5) is 8.78 Å². The Balaban J connectivity index is 1.44. The molecule has 0 amide bonds. The molecule has 4 nitrogen and oxygen atoms in total. The summed E-state index contributed by atoms with van der Waals surface area (Å²) in [6.07, 6.45) is 5.66. The number of hydrogen-bond donors (Lipinski definition) is 2. The van der Waals surface area contributed by atoms with Crippen molar-refractivity contribution in [3.63, 3.8) is 0 Å². The normalized spacial score (nSPS) is 17.0. The van der Waals surface area contributed by atoms with E-state index in [0.29, 0.717) is 12.6 Å². The van der Waals surface area contributed by atoms with Gasteiger partial charge in [-0.2, -0.15) is 0 Å². The molecule has 2 aromatic rings. The SMILES string of the molecule is Fc1ccc(CN2CCC(NCc3ncc[nH]3)CC2)cc1F. The molecule has 1 aliphatic heterocycles. The molecule has 1 aromatic carbocycles. The number of likely N-dealkylation sites (tertiary alicyclic amines) is 1. The zero-order valence-corrected chi connectivity index (χ0v) is 12.4. The van der Waals surface area contributed by atoms with Gasteiger partial charge in [-0.05, 0) is 43.6 Å². The fourth-order valence-corrected chi connectivity index (χ4v) is 2.83. The molecule has 2 N–H and O–H groups in total. The Bertz CT molecular complexity index is 592. The molecule has 2 heterocycles. The zero-order chi connectivity index (χ0) is 15.4. The number of nitrogens with zero attached hydrogens (tertiary/aromatic N) is 2. The molecule has 1 aromatic heterocycles. The molecule has 118 valence electrons. The third-order valence-electron chi connectivity index (χ3n) is 4.09. The van der Waals surface area contributed by atoms with Crippen LogP contribution in [0, 0.1) is 11.6 Å². The van der Waals surface area contributed by atoms with Crippen LogP contribution in [-0.2, 0) is 13.1 Å². The smallest absolute Gasteiger partial charge is 0.159 e. The van der Waals surface area contributed by atoms with Gasteiger partial charge in [-0.15, -0.1) is 0 Å². The number of aromatic nitrogens is 2. The van der Waals surface area contributed by atoms with E-state index in [1.165, 1.54) is 12.1 Å². The molecule has 22 heavy (non-hydrogen) atoms. The number of rotatable bonds is 5. The Morgan fingerprint density at radius 3 is 2.73 bits per heavy atom. The first-order chi connectivity index (χ1) is 10.7. The van der Waals surface area contributed by atoms with Crippen LogP contribution in [0.25, 0.3) is 0 Å². The van der Waals surface area contributed by atoms with E-state index < -0.39 is 11.6 Å². The summed E-state index contributed by atoms with van der Waals surface area (Å²) < 4.78 is 26.1. The van der Waals surface area contributed by atoms with Gasteiger partial charge in [0.15, 0.2) is 11.6 Å². The maximum atomic E-state index is 13.2. The highest BCUT2D eigenvalue weighted by Crippen LogP contribution is 2.16. The predicted molar refractivity (Wildman–Crippen MR) is 80.1 cm³/mol. The third-order valence-corrected chi connectivity index (χ3v) is 4.09. The lowest BCUT2D eigenvalue weighted by atomic mass is 10.0. The van der Waals surface area contributed by atoms with Crippen molar-refractivity contribution < 1.29 is 8.78 Å². The first-order valence-electron chi connectivity index (χ1n) is 7.58. The lowest BCUT2D eigenvalue weighted by Crippen LogP contribution is -2.42. The molecular weight excluding hydrogens is 286 g/mol. The highest BCUT2D eigenvalue weighted by Gasteiger charge is 2.19. The van der Waals surface area contributed by atoms with Gasteiger partial charge < -0.3 is 10.3 Å². The summed E-state index contributed by atoms with van der Waals surface area (Å²) in [6, 6.07) is 4.62. The van der Waals surface area contributed by atoms with Gasteiger partial charge >= 0.3 is 0 Å². The van der Waals surface area contributed by atoms with E-state index in [1.807, 2.05) is 6.20 Å². The molecule has 1 saturated heterocycles. The second-order valence-corrected chi connectivity index (χ2v) is 5.72. The van der Waals surface area contributed by atoms with E-state index in [2.05, 4.69) is 20.2 Å². The lowest BCUT2D eigenvalue weighted by Gasteiger charge is -2.32. The minimum atomic E-state index is -0.787. The second kappa shape index (κ2) is 6.98. The van der Waals surface area contributed by atoms with Crippen molar-refractivity contribution in [2.75, 3.05) is 13.1 Å². The molecule has 0 bridgehead atoms. The van der Waals surface area contributed by atoms with Crippen LogP contribution in [0.15, 0.2) is 30.6 Å². The molecule has 0 aliphatic carbocycles. The first-order valence-corrected chi connectivity index (χ1v) is 7.58. The molecule has 0 unspecified atom stereocenters. The summed E-state index contributed by atoms with van der Waals surface area (Å²) >= 11 is 0. The van der Waals surface area contributed by atoms with Gasteiger partial charge in [-0.3, -0.25) is 4.90 Å². The predicted octanol–water partition coefficient (Wildman–Crippen LogP) is 2.44. The van der Waals surface area contributed by atoms with Crippen LogP contribution in [0.3, 0.4) is 0 Å². The summed E-state index contributed by atoms with van der Waals surface area (Å²) in [5.74, 6) is -0.610. The van der Waals surface area contributed by atoms with Gasteiger partial charge in [-0.1, -0.05) is 6.07 Å². The van der Waals surface area contributed by atoms with Crippen LogP contribution in [0.1, 0.15) is 24.2 Å². The van der Waals surface area contributed by atoms with Crippen LogP contribution < -0.4 is 5.32 Å². The Hall–Kier alpha value is -1.79. The molecular formula is C16H20F2N4. The van der Waals surface area contributed by atoms with E-state index in [-0.39, 0.29) is 0 Å². The minimum absolute atomic E-state index is 0.478. The molecule has 0 spiro atoms. The van der Waals surface area contributed by atoms with Crippen molar-refractivity contribution in [1.82, 2.24) is 20.2 Å². The van der Waals surface area contributed by atoms with E-state index in [0.717, 1.165) is 43.9 Å². The second-order valence-electron chi connectivity index (χ2n) is 5.72. The van der Waals surface area contributed by atoms with E-state index in [9.17, 15) is 8.78 Å². The Labute approximate surface area is 128 Å². The number of nitrogens with one attached hydrogen (secondary N) is 2. The van der Waals surface area contributed by atoms with Crippen LogP contribution in [0.5, 0.6) is 0 Å². The van der Waals surface area contributed by atoms with Gasteiger partial charge in [0.25, 0.3) is 0 Å². The van der Waals surface area contributed by atoms with Crippen molar-refractivity contribution in [2.24, 2.45) is 0 Å². The monoisotopic (exact) mass is 306 g/mol. The number of aromatic amines is 1. The fraction of sp³-hybridized carbons (Fsp3) is 0.438. The number of piperidine rings is 1.